The highest BCUT2D eigenvalue weighted by Gasteiger charge is 2.25. The number of likely N-dealkylation sites (N-methyl/N-ethyl adjacent to an activating group) is 1. The van der Waals surface area contributed by atoms with E-state index in [0.29, 0.717) is 37.2 Å². The summed E-state index contributed by atoms with van der Waals surface area (Å²) in [5.41, 5.74) is 11.6. The molecule has 9 nitrogen and oxygen atoms in total. The van der Waals surface area contributed by atoms with E-state index in [0.717, 1.165) is 0 Å². The van der Waals surface area contributed by atoms with Crippen molar-refractivity contribution in [3.63, 3.8) is 0 Å². The fraction of sp³-hybridized carbons (Fsp3) is 0.444. The maximum Gasteiger partial charge on any atom is 0.303 e. The highest BCUT2D eigenvalue weighted by Crippen LogP contribution is 2.20. The number of aliphatic imine (C=N–C) groups is 1. The Morgan fingerprint density at radius 2 is 1.78 bits per heavy atom. The standard InChI is InChI=1S/C18H25N5O4/c1-22(17(27)13-2-4-14(5-3-13)21-18(19)20)11-15(24)23-8-6-12(7-9-23)10-16(25)26/h2-5,12H,6-11H2,1H3,(H,25,26)(H4,19,20,21). The number of carbonyl (C=O) groups excluding carboxylic acids is 2. The molecule has 1 heterocycles. The Bertz CT molecular complexity index is 720. The molecule has 146 valence electrons. The molecule has 0 unspecified atom stereocenters. The van der Waals surface area contributed by atoms with Crippen molar-refractivity contribution in [2.45, 2.75) is 19.3 Å². The number of likely N-dealkylation sites (tertiary alicyclic amines) is 1. The fourth-order valence-corrected chi connectivity index (χ4v) is 3.06. The van der Waals surface area contributed by atoms with Crippen molar-refractivity contribution in [3.8, 4) is 0 Å². The van der Waals surface area contributed by atoms with Gasteiger partial charge in [0.25, 0.3) is 5.91 Å². The molecule has 5 N–H and O–H groups in total. The van der Waals surface area contributed by atoms with Crippen molar-refractivity contribution in [1.29, 1.82) is 0 Å². The summed E-state index contributed by atoms with van der Waals surface area (Å²) in [7, 11) is 1.57. The smallest absolute Gasteiger partial charge is 0.303 e. The summed E-state index contributed by atoms with van der Waals surface area (Å²) in [6.45, 7) is 1.01. The zero-order valence-corrected chi connectivity index (χ0v) is 15.3. The molecule has 1 fully saturated rings. The van der Waals surface area contributed by atoms with Gasteiger partial charge in [-0.3, -0.25) is 14.4 Å². The quantitative estimate of drug-likeness (QED) is 0.484. The molecule has 0 saturated carbocycles. The number of carbonyl (C=O) groups is 3. The van der Waals surface area contributed by atoms with E-state index in [9.17, 15) is 14.4 Å². The van der Waals surface area contributed by atoms with Crippen LogP contribution in [-0.2, 0) is 9.59 Å². The van der Waals surface area contributed by atoms with Crippen molar-refractivity contribution in [2.75, 3.05) is 26.7 Å². The molecule has 0 bridgehead atoms. The zero-order chi connectivity index (χ0) is 20.0. The molecule has 27 heavy (non-hydrogen) atoms. The lowest BCUT2D eigenvalue weighted by Crippen LogP contribution is -2.44. The lowest BCUT2D eigenvalue weighted by molar-refractivity contribution is -0.138. The van der Waals surface area contributed by atoms with E-state index in [1.807, 2.05) is 0 Å². The third kappa shape index (κ3) is 5.98. The van der Waals surface area contributed by atoms with Gasteiger partial charge in [0.15, 0.2) is 5.96 Å². The number of benzene rings is 1. The maximum atomic E-state index is 12.5. The van der Waals surface area contributed by atoms with Crippen LogP contribution in [0.2, 0.25) is 0 Å². The zero-order valence-electron chi connectivity index (χ0n) is 15.3. The first-order chi connectivity index (χ1) is 12.8. The minimum absolute atomic E-state index is 0.0297. The second kappa shape index (κ2) is 9.02. The molecule has 0 spiro atoms. The van der Waals surface area contributed by atoms with Crippen LogP contribution in [0.15, 0.2) is 29.3 Å². The van der Waals surface area contributed by atoms with E-state index in [1.165, 1.54) is 4.90 Å². The second-order valence-electron chi connectivity index (χ2n) is 6.67. The van der Waals surface area contributed by atoms with Gasteiger partial charge in [0.1, 0.15) is 0 Å². The molecule has 1 aliphatic heterocycles. The summed E-state index contributed by atoms with van der Waals surface area (Å²) in [5.74, 6) is -1.19. The van der Waals surface area contributed by atoms with Crippen LogP contribution in [0.5, 0.6) is 0 Å². The monoisotopic (exact) mass is 375 g/mol. The summed E-state index contributed by atoms with van der Waals surface area (Å²) in [6, 6.07) is 6.44. The highest BCUT2D eigenvalue weighted by molar-refractivity contribution is 5.96. The van der Waals surface area contributed by atoms with Crippen molar-refractivity contribution in [3.05, 3.63) is 29.8 Å². The first-order valence-corrected chi connectivity index (χ1v) is 8.71. The predicted molar refractivity (Wildman–Crippen MR) is 100 cm³/mol. The Labute approximate surface area is 157 Å². The summed E-state index contributed by atoms with van der Waals surface area (Å²) in [5, 5.41) is 8.84. The predicted octanol–water partition coefficient (Wildman–Crippen LogP) is 0.377. The van der Waals surface area contributed by atoms with Crippen LogP contribution in [0, 0.1) is 5.92 Å². The van der Waals surface area contributed by atoms with E-state index in [4.69, 9.17) is 16.6 Å². The third-order valence-corrected chi connectivity index (χ3v) is 4.52. The molecular weight excluding hydrogens is 350 g/mol. The van der Waals surface area contributed by atoms with Crippen LogP contribution in [0.3, 0.4) is 0 Å². The SMILES string of the molecule is CN(CC(=O)N1CCC(CC(=O)O)CC1)C(=O)c1ccc(N=C(N)N)cc1. The normalized spacial score (nSPS) is 14.5. The van der Waals surface area contributed by atoms with Gasteiger partial charge in [-0.2, -0.15) is 0 Å². The summed E-state index contributed by atoms with van der Waals surface area (Å²) in [6.07, 6.45) is 1.47. The number of piperidine rings is 1. The molecule has 0 aliphatic carbocycles. The minimum Gasteiger partial charge on any atom is -0.481 e. The number of aliphatic carboxylic acids is 1. The van der Waals surface area contributed by atoms with Gasteiger partial charge < -0.3 is 26.4 Å². The van der Waals surface area contributed by atoms with Gasteiger partial charge in [-0.25, -0.2) is 4.99 Å². The van der Waals surface area contributed by atoms with Crippen LogP contribution in [0.4, 0.5) is 5.69 Å². The number of amides is 2. The highest BCUT2D eigenvalue weighted by atomic mass is 16.4. The van der Waals surface area contributed by atoms with E-state index < -0.39 is 5.97 Å². The summed E-state index contributed by atoms with van der Waals surface area (Å²) in [4.78, 5) is 42.6. The molecule has 9 heteroatoms. The van der Waals surface area contributed by atoms with Crippen molar-refractivity contribution >= 4 is 29.4 Å². The molecular formula is C18H25N5O4. The molecule has 1 aromatic rings. The van der Waals surface area contributed by atoms with Gasteiger partial charge in [0, 0.05) is 32.1 Å². The Hall–Kier alpha value is -3.10. The average Bonchev–Trinajstić information content (AvgIpc) is 2.61. The summed E-state index contributed by atoms with van der Waals surface area (Å²) < 4.78 is 0. The van der Waals surface area contributed by atoms with Crippen LogP contribution in [-0.4, -0.2) is 65.3 Å². The molecule has 2 amide bonds. The molecule has 0 aromatic heterocycles. The first kappa shape index (κ1) is 20.2. The molecule has 1 aliphatic rings. The third-order valence-electron chi connectivity index (χ3n) is 4.52. The topological polar surface area (TPSA) is 142 Å². The van der Waals surface area contributed by atoms with Crippen molar-refractivity contribution < 1.29 is 19.5 Å². The first-order valence-electron chi connectivity index (χ1n) is 8.71. The van der Waals surface area contributed by atoms with Crippen molar-refractivity contribution in [2.24, 2.45) is 22.4 Å². The second-order valence-corrected chi connectivity index (χ2v) is 6.67. The van der Waals surface area contributed by atoms with Gasteiger partial charge in [0.05, 0.1) is 12.2 Å². The molecule has 1 aromatic carbocycles. The van der Waals surface area contributed by atoms with E-state index in [2.05, 4.69) is 4.99 Å². The van der Waals surface area contributed by atoms with Gasteiger partial charge in [0.2, 0.25) is 5.91 Å². The number of rotatable bonds is 6. The number of hydrogen-bond acceptors (Lipinski definition) is 4. The van der Waals surface area contributed by atoms with Gasteiger partial charge in [-0.15, -0.1) is 0 Å². The number of carboxylic acid groups (broad SMARTS) is 1. The number of hydrogen-bond donors (Lipinski definition) is 3. The lowest BCUT2D eigenvalue weighted by Gasteiger charge is -2.32. The Morgan fingerprint density at radius 3 is 2.30 bits per heavy atom. The van der Waals surface area contributed by atoms with Crippen LogP contribution in [0.25, 0.3) is 0 Å². The molecule has 2 rings (SSSR count). The van der Waals surface area contributed by atoms with E-state index >= 15 is 0 Å². The number of nitrogens with zero attached hydrogens (tertiary/aromatic N) is 3. The van der Waals surface area contributed by atoms with Gasteiger partial charge >= 0.3 is 5.97 Å². The maximum absolute atomic E-state index is 12.5. The Balaban J connectivity index is 1.88. The van der Waals surface area contributed by atoms with Crippen LogP contribution >= 0.6 is 0 Å². The van der Waals surface area contributed by atoms with Crippen LogP contribution < -0.4 is 11.5 Å². The Morgan fingerprint density at radius 1 is 1.19 bits per heavy atom. The van der Waals surface area contributed by atoms with Crippen LogP contribution in [0.1, 0.15) is 29.6 Å². The van der Waals surface area contributed by atoms with Crippen molar-refractivity contribution in [1.82, 2.24) is 9.80 Å². The van der Waals surface area contributed by atoms with E-state index in [1.54, 1.807) is 36.2 Å². The largest absolute Gasteiger partial charge is 0.481 e. The fourth-order valence-electron chi connectivity index (χ4n) is 3.06. The molecule has 1 saturated heterocycles. The van der Waals surface area contributed by atoms with E-state index in [-0.39, 0.29) is 36.7 Å². The van der Waals surface area contributed by atoms with Gasteiger partial charge in [-0.05, 0) is 43.0 Å². The number of carboxylic acids is 1. The molecule has 0 radical (unpaired) electrons. The number of guanidine groups is 1. The molecule has 0 atom stereocenters. The van der Waals surface area contributed by atoms with Gasteiger partial charge in [-0.1, -0.05) is 0 Å². The summed E-state index contributed by atoms with van der Waals surface area (Å²) >= 11 is 0. The minimum atomic E-state index is -0.809. The lowest BCUT2D eigenvalue weighted by atomic mass is 9.93. The average molecular weight is 375 g/mol. The Kier molecular flexibility index (Phi) is 6.75. The number of nitrogens with two attached hydrogens (primary N) is 2.